The summed E-state index contributed by atoms with van der Waals surface area (Å²) in [5, 5.41) is 19.5. The third-order valence-corrected chi connectivity index (χ3v) is 4.99. The summed E-state index contributed by atoms with van der Waals surface area (Å²) in [6, 6.07) is 13.4. The molecule has 1 atom stereocenters. The lowest BCUT2D eigenvalue weighted by molar-refractivity contribution is 0.106. The van der Waals surface area contributed by atoms with E-state index in [1.807, 2.05) is 47.8 Å². The van der Waals surface area contributed by atoms with Crippen molar-refractivity contribution in [2.24, 2.45) is 0 Å². The average Bonchev–Trinajstić information content (AvgIpc) is 3.31. The van der Waals surface area contributed by atoms with Crippen LogP contribution in [0.2, 0.25) is 0 Å². The molecule has 6 nitrogen and oxygen atoms in total. The molecule has 138 valence electrons. The minimum Gasteiger partial charge on any atom is -0.491 e. The highest BCUT2D eigenvalue weighted by atomic mass is 32.1. The van der Waals surface area contributed by atoms with Crippen LogP contribution in [0.4, 0.5) is 0 Å². The number of aromatic nitrogens is 2. The summed E-state index contributed by atoms with van der Waals surface area (Å²) in [6.45, 7) is 1.33. The number of hydrogen-bond acceptors (Lipinski definition) is 7. The van der Waals surface area contributed by atoms with Crippen molar-refractivity contribution < 1.29 is 14.4 Å². The predicted molar refractivity (Wildman–Crippen MR) is 105 cm³/mol. The summed E-state index contributed by atoms with van der Waals surface area (Å²) in [4.78, 5) is 3.98. The second-order valence-electron chi connectivity index (χ2n) is 6.12. The van der Waals surface area contributed by atoms with Crippen molar-refractivity contribution in [3.8, 4) is 17.0 Å². The van der Waals surface area contributed by atoms with Gasteiger partial charge in [0, 0.05) is 31.0 Å². The number of aliphatic hydroxyl groups is 1. The van der Waals surface area contributed by atoms with Gasteiger partial charge in [-0.15, -0.1) is 11.3 Å². The molecule has 0 spiro atoms. The van der Waals surface area contributed by atoms with Crippen molar-refractivity contribution in [2.45, 2.75) is 12.6 Å². The number of hydrogen-bond donors (Lipinski definition) is 2. The van der Waals surface area contributed by atoms with E-state index >= 15 is 0 Å². The minimum atomic E-state index is -0.605. The lowest BCUT2D eigenvalue weighted by Crippen LogP contribution is -2.31. The third kappa shape index (κ3) is 4.33. The van der Waals surface area contributed by atoms with Crippen LogP contribution >= 0.6 is 11.3 Å². The van der Waals surface area contributed by atoms with Crippen molar-refractivity contribution in [1.29, 1.82) is 0 Å². The van der Waals surface area contributed by atoms with Crippen LogP contribution in [0.1, 0.15) is 5.56 Å². The van der Waals surface area contributed by atoms with E-state index in [1.165, 1.54) is 0 Å². The maximum Gasteiger partial charge on any atom is 0.178 e. The maximum absolute atomic E-state index is 10.1. The first-order valence-corrected chi connectivity index (χ1v) is 9.51. The van der Waals surface area contributed by atoms with Crippen molar-refractivity contribution in [3.05, 3.63) is 65.8 Å². The van der Waals surface area contributed by atoms with Gasteiger partial charge in [-0.25, -0.2) is 0 Å². The Kier molecular flexibility index (Phi) is 5.43. The monoisotopic (exact) mass is 381 g/mol. The summed E-state index contributed by atoms with van der Waals surface area (Å²) >= 11 is 1.60. The molecule has 0 aliphatic rings. The summed E-state index contributed by atoms with van der Waals surface area (Å²) in [7, 11) is 0. The number of benzene rings is 1. The minimum absolute atomic E-state index is 0.208. The van der Waals surface area contributed by atoms with Gasteiger partial charge in [0.15, 0.2) is 5.58 Å². The molecule has 3 aromatic heterocycles. The second kappa shape index (κ2) is 8.30. The predicted octanol–water partition coefficient (Wildman–Crippen LogP) is 3.48. The van der Waals surface area contributed by atoms with Gasteiger partial charge in [0.05, 0.1) is 0 Å². The van der Waals surface area contributed by atoms with Crippen LogP contribution in [-0.4, -0.2) is 34.5 Å². The van der Waals surface area contributed by atoms with Crippen LogP contribution < -0.4 is 10.1 Å². The van der Waals surface area contributed by atoms with Gasteiger partial charge in [-0.1, -0.05) is 17.3 Å². The van der Waals surface area contributed by atoms with E-state index < -0.39 is 6.10 Å². The maximum atomic E-state index is 10.1. The van der Waals surface area contributed by atoms with Crippen LogP contribution in [0.15, 0.2) is 64.8 Å². The quantitative estimate of drug-likeness (QED) is 0.486. The Balaban J connectivity index is 1.31. The summed E-state index contributed by atoms with van der Waals surface area (Å²) in [5.41, 5.74) is 3.65. The van der Waals surface area contributed by atoms with E-state index in [-0.39, 0.29) is 6.61 Å². The second-order valence-corrected chi connectivity index (χ2v) is 7.04. The number of nitrogens with one attached hydrogen (secondary N) is 1. The molecule has 7 heteroatoms. The van der Waals surface area contributed by atoms with E-state index in [2.05, 4.69) is 15.5 Å². The molecule has 0 bridgehead atoms. The lowest BCUT2D eigenvalue weighted by atomic mass is 10.1. The number of aliphatic hydroxyl groups excluding tert-OH is 1. The lowest BCUT2D eigenvalue weighted by Gasteiger charge is -2.13. The van der Waals surface area contributed by atoms with Crippen LogP contribution in [0.25, 0.3) is 21.5 Å². The van der Waals surface area contributed by atoms with E-state index in [1.54, 1.807) is 23.7 Å². The van der Waals surface area contributed by atoms with Gasteiger partial charge in [0.2, 0.25) is 0 Å². The Labute approximate surface area is 160 Å². The number of ether oxygens (including phenoxy) is 1. The molecule has 2 N–H and O–H groups in total. The first-order valence-electron chi connectivity index (χ1n) is 8.63. The van der Waals surface area contributed by atoms with Crippen LogP contribution in [0, 0.1) is 0 Å². The average molecular weight is 381 g/mol. The molecule has 3 heterocycles. The highest BCUT2D eigenvalue weighted by Gasteiger charge is 2.12. The van der Waals surface area contributed by atoms with Crippen molar-refractivity contribution >= 4 is 21.6 Å². The summed E-state index contributed by atoms with van der Waals surface area (Å²) in [5.74, 6) is 0.688. The first-order chi connectivity index (χ1) is 13.3. The Morgan fingerprint density at radius 1 is 1.19 bits per heavy atom. The van der Waals surface area contributed by atoms with Gasteiger partial charge in [-0.2, -0.15) is 0 Å². The fraction of sp³-hybridized carbons (Fsp3) is 0.200. The SMILES string of the molecule is OC(CNCc1ccncc1)COc1cccc(-c2noc3ccsc23)c1. The Hall–Kier alpha value is -2.74. The van der Waals surface area contributed by atoms with Crippen LogP contribution in [0.3, 0.4) is 0 Å². The molecule has 27 heavy (non-hydrogen) atoms. The summed E-state index contributed by atoms with van der Waals surface area (Å²) in [6.07, 6.45) is 2.90. The van der Waals surface area contributed by atoms with Crippen molar-refractivity contribution in [2.75, 3.05) is 13.2 Å². The van der Waals surface area contributed by atoms with Crippen molar-refractivity contribution in [1.82, 2.24) is 15.5 Å². The van der Waals surface area contributed by atoms with E-state index in [4.69, 9.17) is 9.26 Å². The van der Waals surface area contributed by atoms with Crippen LogP contribution in [-0.2, 0) is 6.54 Å². The Morgan fingerprint density at radius 3 is 2.96 bits per heavy atom. The zero-order valence-corrected chi connectivity index (χ0v) is 15.4. The zero-order chi connectivity index (χ0) is 18.5. The topological polar surface area (TPSA) is 80.4 Å². The van der Waals surface area contributed by atoms with Gasteiger partial charge < -0.3 is 19.7 Å². The number of fused-ring (bicyclic) bond motifs is 1. The highest BCUT2D eigenvalue weighted by Crippen LogP contribution is 2.33. The fourth-order valence-electron chi connectivity index (χ4n) is 2.73. The third-order valence-electron chi connectivity index (χ3n) is 4.09. The Bertz CT molecular complexity index is 1000. The van der Waals surface area contributed by atoms with E-state index in [0.29, 0.717) is 18.8 Å². The molecule has 0 fully saturated rings. The molecule has 0 aliphatic heterocycles. The van der Waals surface area contributed by atoms with Gasteiger partial charge in [-0.05, 0) is 41.3 Å². The normalized spacial score (nSPS) is 12.3. The van der Waals surface area contributed by atoms with Gasteiger partial charge in [0.1, 0.15) is 28.9 Å². The molecular formula is C20H19N3O3S. The number of rotatable bonds is 8. The molecule has 0 amide bonds. The highest BCUT2D eigenvalue weighted by molar-refractivity contribution is 7.17. The molecule has 0 radical (unpaired) electrons. The number of thiophene rings is 1. The first kappa shape index (κ1) is 17.7. The van der Waals surface area contributed by atoms with Crippen molar-refractivity contribution in [3.63, 3.8) is 0 Å². The largest absolute Gasteiger partial charge is 0.491 e. The molecule has 4 rings (SSSR count). The Morgan fingerprint density at radius 2 is 2.07 bits per heavy atom. The molecule has 0 saturated heterocycles. The number of nitrogens with zero attached hydrogens (tertiary/aromatic N) is 2. The molecule has 1 unspecified atom stereocenters. The zero-order valence-electron chi connectivity index (χ0n) is 14.5. The van der Waals surface area contributed by atoms with Gasteiger partial charge >= 0.3 is 0 Å². The smallest absolute Gasteiger partial charge is 0.178 e. The van der Waals surface area contributed by atoms with E-state index in [9.17, 15) is 5.11 Å². The standard InChI is InChI=1S/C20H19N3O3S/c24-16(12-22-11-14-4-7-21-8-5-14)13-25-17-3-1-2-15(10-17)19-20-18(26-23-19)6-9-27-20/h1-10,16,22,24H,11-13H2. The number of pyridine rings is 1. The molecule has 1 aromatic carbocycles. The molecule has 0 aliphatic carbocycles. The van der Waals surface area contributed by atoms with Gasteiger partial charge in [-0.3, -0.25) is 4.98 Å². The fourth-order valence-corrected chi connectivity index (χ4v) is 3.55. The molecule has 4 aromatic rings. The molecule has 0 saturated carbocycles. The molecular weight excluding hydrogens is 362 g/mol. The van der Waals surface area contributed by atoms with Crippen LogP contribution in [0.5, 0.6) is 5.75 Å². The van der Waals surface area contributed by atoms with Gasteiger partial charge in [0.25, 0.3) is 0 Å². The summed E-state index contributed by atoms with van der Waals surface area (Å²) < 4.78 is 12.1. The van der Waals surface area contributed by atoms with E-state index in [0.717, 1.165) is 27.1 Å².